The van der Waals surface area contributed by atoms with Gasteiger partial charge in [0.05, 0.1) is 17.7 Å². The highest BCUT2D eigenvalue weighted by molar-refractivity contribution is 5.84. The molecule has 1 spiro atoms. The summed E-state index contributed by atoms with van der Waals surface area (Å²) in [6.45, 7) is 8.55. The second-order valence-electron chi connectivity index (χ2n) is 10.8. The van der Waals surface area contributed by atoms with Gasteiger partial charge in [-0.3, -0.25) is 14.3 Å². The number of hydrogen-bond donors (Lipinski definition) is 0. The van der Waals surface area contributed by atoms with Gasteiger partial charge in [-0.2, -0.15) is 5.10 Å². The molecule has 0 aliphatic carbocycles. The molecule has 0 saturated carbocycles. The van der Waals surface area contributed by atoms with Crippen LogP contribution in [0.4, 0.5) is 0 Å². The minimum atomic E-state index is -0.389. The van der Waals surface area contributed by atoms with E-state index in [2.05, 4.69) is 31.1 Å². The number of carbonyl (C=O) groups is 2. The molecule has 0 radical (unpaired) electrons. The number of ether oxygens (including phenoxy) is 1. The Balaban J connectivity index is 1.43. The van der Waals surface area contributed by atoms with Gasteiger partial charge in [-0.1, -0.05) is 24.6 Å². The van der Waals surface area contributed by atoms with Crippen molar-refractivity contribution in [2.75, 3.05) is 26.2 Å². The number of para-hydroxylation sites is 1. The Labute approximate surface area is 215 Å². The zero-order valence-corrected chi connectivity index (χ0v) is 22.5. The first-order valence-electron chi connectivity index (χ1n) is 13.6. The molecule has 196 valence electrons. The Bertz CT molecular complexity index is 1050. The number of nitrogens with zero attached hydrogens (tertiary/aromatic N) is 4. The van der Waals surface area contributed by atoms with Crippen LogP contribution in [0.3, 0.4) is 0 Å². The van der Waals surface area contributed by atoms with Crippen molar-refractivity contribution < 1.29 is 14.3 Å². The lowest BCUT2D eigenvalue weighted by Gasteiger charge is -2.44. The molecular weight excluding hydrogens is 452 g/mol. The van der Waals surface area contributed by atoms with E-state index < -0.39 is 0 Å². The predicted molar refractivity (Wildman–Crippen MR) is 141 cm³/mol. The van der Waals surface area contributed by atoms with Gasteiger partial charge < -0.3 is 14.5 Å². The Kier molecular flexibility index (Phi) is 8.37. The van der Waals surface area contributed by atoms with Crippen LogP contribution in [-0.4, -0.2) is 63.7 Å². The van der Waals surface area contributed by atoms with Crippen LogP contribution in [0.25, 0.3) is 0 Å². The van der Waals surface area contributed by atoms with Crippen LogP contribution in [0.5, 0.6) is 5.75 Å². The molecule has 2 aliphatic rings. The van der Waals surface area contributed by atoms with E-state index >= 15 is 0 Å². The topological polar surface area (TPSA) is 67.7 Å². The SMILES string of the molecule is Cc1nn(C)cc1CCC(=O)N1CCC2(CCCCc3ccccc3OCCN(C(C)C)C2=O)CC1. The van der Waals surface area contributed by atoms with Crippen molar-refractivity contribution in [2.45, 2.75) is 78.2 Å². The molecule has 1 aromatic heterocycles. The summed E-state index contributed by atoms with van der Waals surface area (Å²) >= 11 is 0. The van der Waals surface area contributed by atoms with Gasteiger partial charge in [-0.15, -0.1) is 0 Å². The van der Waals surface area contributed by atoms with Crippen molar-refractivity contribution in [3.63, 3.8) is 0 Å². The summed E-state index contributed by atoms with van der Waals surface area (Å²) in [6, 6.07) is 8.38. The molecular formula is C29H42N4O3. The smallest absolute Gasteiger partial charge is 0.229 e. The predicted octanol–water partition coefficient (Wildman–Crippen LogP) is 4.31. The largest absolute Gasteiger partial charge is 0.491 e. The molecule has 7 heteroatoms. The van der Waals surface area contributed by atoms with E-state index in [-0.39, 0.29) is 23.3 Å². The van der Waals surface area contributed by atoms with Gasteiger partial charge in [0.25, 0.3) is 0 Å². The number of rotatable bonds is 4. The van der Waals surface area contributed by atoms with Gasteiger partial charge in [0.15, 0.2) is 0 Å². The standard InChI is InChI=1S/C29H42N4O3/c1-22(2)33-19-20-36-26-11-6-5-9-24(26)10-7-8-14-29(28(33)35)15-17-32(18-16-29)27(34)13-12-25-21-31(4)30-23(25)3/h5-6,9,11,21-22H,7-8,10,12-20H2,1-4H3. The summed E-state index contributed by atoms with van der Waals surface area (Å²) in [6.07, 6.45) is 8.56. The number of carbonyl (C=O) groups excluding carboxylic acids is 2. The van der Waals surface area contributed by atoms with Crippen molar-refractivity contribution in [1.29, 1.82) is 0 Å². The molecule has 0 N–H and O–H groups in total. The molecule has 0 unspecified atom stereocenters. The molecule has 0 bridgehead atoms. The van der Waals surface area contributed by atoms with Crippen LogP contribution in [0.15, 0.2) is 30.5 Å². The lowest BCUT2D eigenvalue weighted by Crippen LogP contribution is -2.53. The third-order valence-electron chi connectivity index (χ3n) is 8.05. The first kappa shape index (κ1) is 26.2. The highest BCUT2D eigenvalue weighted by Crippen LogP contribution is 2.40. The number of benzene rings is 1. The van der Waals surface area contributed by atoms with Crippen molar-refractivity contribution in [2.24, 2.45) is 12.5 Å². The zero-order valence-electron chi connectivity index (χ0n) is 22.5. The summed E-state index contributed by atoms with van der Waals surface area (Å²) in [4.78, 5) is 31.0. The van der Waals surface area contributed by atoms with Crippen molar-refractivity contribution in [1.82, 2.24) is 19.6 Å². The van der Waals surface area contributed by atoms with Crippen LogP contribution in [0.2, 0.25) is 0 Å². The van der Waals surface area contributed by atoms with Crippen LogP contribution in [0.1, 0.15) is 69.2 Å². The Hall–Kier alpha value is -2.83. The van der Waals surface area contributed by atoms with Crippen molar-refractivity contribution in [3.05, 3.63) is 47.3 Å². The minimum absolute atomic E-state index is 0.110. The third-order valence-corrected chi connectivity index (χ3v) is 8.05. The highest BCUT2D eigenvalue weighted by Gasteiger charge is 2.44. The Morgan fingerprint density at radius 3 is 2.56 bits per heavy atom. The third kappa shape index (κ3) is 5.93. The van der Waals surface area contributed by atoms with Gasteiger partial charge in [0.1, 0.15) is 12.4 Å². The van der Waals surface area contributed by atoms with Crippen LogP contribution in [0, 0.1) is 12.3 Å². The number of aryl methyl sites for hydroxylation is 4. The van der Waals surface area contributed by atoms with Crippen LogP contribution < -0.4 is 4.74 Å². The monoisotopic (exact) mass is 494 g/mol. The van der Waals surface area contributed by atoms with E-state index in [0.29, 0.717) is 39.1 Å². The van der Waals surface area contributed by atoms with Crippen molar-refractivity contribution in [3.8, 4) is 5.75 Å². The molecule has 1 aromatic carbocycles. The van der Waals surface area contributed by atoms with Gasteiger partial charge in [0, 0.05) is 38.8 Å². The molecule has 7 nitrogen and oxygen atoms in total. The van der Waals surface area contributed by atoms with Crippen LogP contribution in [-0.2, 0) is 29.5 Å². The molecule has 2 aromatic rings. The van der Waals surface area contributed by atoms with E-state index in [1.54, 1.807) is 4.68 Å². The van der Waals surface area contributed by atoms with Crippen LogP contribution >= 0.6 is 0 Å². The molecule has 0 atom stereocenters. The van der Waals surface area contributed by atoms with Gasteiger partial charge in [0.2, 0.25) is 11.8 Å². The zero-order chi connectivity index (χ0) is 25.7. The van der Waals surface area contributed by atoms with E-state index in [1.165, 1.54) is 5.56 Å². The summed E-state index contributed by atoms with van der Waals surface area (Å²) in [5, 5.41) is 4.38. The Morgan fingerprint density at radius 1 is 1.11 bits per heavy atom. The fourth-order valence-corrected chi connectivity index (χ4v) is 5.83. The maximum absolute atomic E-state index is 14.0. The number of hydrogen-bond acceptors (Lipinski definition) is 4. The summed E-state index contributed by atoms with van der Waals surface area (Å²) in [7, 11) is 1.91. The molecule has 36 heavy (non-hydrogen) atoms. The first-order chi connectivity index (χ1) is 17.3. The van der Waals surface area contributed by atoms with E-state index in [4.69, 9.17) is 4.74 Å². The first-order valence-corrected chi connectivity index (χ1v) is 13.6. The molecule has 2 amide bonds. The van der Waals surface area contributed by atoms with E-state index in [9.17, 15) is 9.59 Å². The minimum Gasteiger partial charge on any atom is -0.491 e. The highest BCUT2D eigenvalue weighted by atomic mass is 16.5. The molecule has 2 aliphatic heterocycles. The number of aromatic nitrogens is 2. The second kappa shape index (κ2) is 11.5. The van der Waals surface area contributed by atoms with E-state index in [1.807, 2.05) is 42.1 Å². The lowest BCUT2D eigenvalue weighted by atomic mass is 9.72. The second-order valence-corrected chi connectivity index (χ2v) is 10.8. The molecule has 4 rings (SSSR count). The lowest BCUT2D eigenvalue weighted by molar-refractivity contribution is -0.151. The maximum Gasteiger partial charge on any atom is 0.229 e. The summed E-state index contributed by atoms with van der Waals surface area (Å²) < 4.78 is 7.94. The molecule has 3 heterocycles. The quantitative estimate of drug-likeness (QED) is 0.635. The normalized spacial score (nSPS) is 19.0. The van der Waals surface area contributed by atoms with Crippen molar-refractivity contribution >= 4 is 11.8 Å². The van der Waals surface area contributed by atoms with Gasteiger partial charge in [-0.25, -0.2) is 0 Å². The number of amides is 2. The average molecular weight is 495 g/mol. The molecule has 1 fully saturated rings. The number of fused-ring (bicyclic) bond motifs is 1. The number of likely N-dealkylation sites (tertiary alicyclic amines) is 1. The van der Waals surface area contributed by atoms with Gasteiger partial charge >= 0.3 is 0 Å². The molecule has 1 saturated heterocycles. The number of piperidine rings is 1. The fourth-order valence-electron chi connectivity index (χ4n) is 5.83. The fraction of sp³-hybridized carbons (Fsp3) is 0.621. The maximum atomic E-state index is 14.0. The van der Waals surface area contributed by atoms with Gasteiger partial charge in [-0.05, 0) is 76.5 Å². The summed E-state index contributed by atoms with van der Waals surface area (Å²) in [5.41, 5.74) is 2.98. The summed E-state index contributed by atoms with van der Waals surface area (Å²) in [5.74, 6) is 1.37. The average Bonchev–Trinajstić information content (AvgIpc) is 3.19. The van der Waals surface area contributed by atoms with E-state index in [0.717, 1.165) is 55.5 Å². The Morgan fingerprint density at radius 2 is 1.86 bits per heavy atom.